The maximum atomic E-state index is 6.17. The molecule has 0 saturated carbocycles. The van der Waals surface area contributed by atoms with E-state index in [0.29, 0.717) is 24.1 Å². The van der Waals surface area contributed by atoms with Crippen LogP contribution in [0.4, 0.5) is 0 Å². The van der Waals surface area contributed by atoms with Gasteiger partial charge in [0.15, 0.2) is 0 Å². The maximum Gasteiger partial charge on any atom is 0.0858 e. The van der Waals surface area contributed by atoms with Gasteiger partial charge in [0.2, 0.25) is 0 Å². The first kappa shape index (κ1) is 14.3. The number of ether oxygens (including phenoxy) is 1. The van der Waals surface area contributed by atoms with Crippen molar-refractivity contribution in [1.29, 1.82) is 0 Å². The molecule has 18 heavy (non-hydrogen) atoms. The van der Waals surface area contributed by atoms with Crippen LogP contribution in [0.3, 0.4) is 0 Å². The first-order chi connectivity index (χ1) is 8.76. The summed E-state index contributed by atoms with van der Waals surface area (Å²) < 4.78 is 6.17. The van der Waals surface area contributed by atoms with E-state index in [0.717, 1.165) is 19.7 Å². The van der Waals surface area contributed by atoms with Gasteiger partial charge in [0.05, 0.1) is 12.7 Å². The van der Waals surface area contributed by atoms with Crippen LogP contribution >= 0.6 is 0 Å². The van der Waals surface area contributed by atoms with Crippen molar-refractivity contribution in [3.63, 3.8) is 0 Å². The Bertz CT molecular complexity index is 247. The fraction of sp³-hybridized carbons (Fsp3) is 1.00. The molecule has 2 heterocycles. The lowest BCUT2D eigenvalue weighted by molar-refractivity contribution is -0.0725. The van der Waals surface area contributed by atoms with Crippen molar-refractivity contribution in [2.75, 3.05) is 26.2 Å². The molecule has 2 aliphatic heterocycles. The third kappa shape index (κ3) is 3.25. The molecule has 0 radical (unpaired) electrons. The molecule has 4 unspecified atom stereocenters. The molecule has 2 saturated heterocycles. The van der Waals surface area contributed by atoms with Crippen LogP contribution in [0.1, 0.15) is 46.5 Å². The molecule has 2 fully saturated rings. The first-order valence-electron chi connectivity index (χ1n) is 7.85. The SMILES string of the molecule is CCCC(C)C(NCC)C1CN2CCCC2CO1. The van der Waals surface area contributed by atoms with E-state index in [9.17, 15) is 0 Å². The highest BCUT2D eigenvalue weighted by molar-refractivity contribution is 4.91. The summed E-state index contributed by atoms with van der Waals surface area (Å²) in [6, 6.07) is 1.24. The van der Waals surface area contributed by atoms with Crippen LogP contribution in [0.25, 0.3) is 0 Å². The van der Waals surface area contributed by atoms with Gasteiger partial charge in [-0.05, 0) is 38.3 Å². The maximum absolute atomic E-state index is 6.17. The van der Waals surface area contributed by atoms with Gasteiger partial charge in [0.25, 0.3) is 0 Å². The summed E-state index contributed by atoms with van der Waals surface area (Å²) in [4.78, 5) is 2.65. The minimum Gasteiger partial charge on any atom is -0.374 e. The van der Waals surface area contributed by atoms with Gasteiger partial charge >= 0.3 is 0 Å². The van der Waals surface area contributed by atoms with Crippen molar-refractivity contribution in [3.05, 3.63) is 0 Å². The number of hydrogen-bond acceptors (Lipinski definition) is 3. The molecule has 3 nitrogen and oxygen atoms in total. The Balaban J connectivity index is 1.93. The molecular formula is C15H30N2O. The molecule has 0 bridgehead atoms. The van der Waals surface area contributed by atoms with Crippen molar-refractivity contribution in [1.82, 2.24) is 10.2 Å². The van der Waals surface area contributed by atoms with Crippen molar-refractivity contribution in [2.24, 2.45) is 5.92 Å². The molecule has 0 spiro atoms. The molecule has 4 atom stereocenters. The van der Waals surface area contributed by atoms with Gasteiger partial charge in [-0.15, -0.1) is 0 Å². The lowest BCUT2D eigenvalue weighted by Gasteiger charge is -2.41. The monoisotopic (exact) mass is 254 g/mol. The summed E-state index contributed by atoms with van der Waals surface area (Å²) in [7, 11) is 0. The normalized spacial score (nSPS) is 32.2. The smallest absolute Gasteiger partial charge is 0.0858 e. The van der Waals surface area contributed by atoms with Crippen molar-refractivity contribution >= 4 is 0 Å². The molecule has 3 heteroatoms. The van der Waals surface area contributed by atoms with Gasteiger partial charge in [-0.3, -0.25) is 4.90 Å². The van der Waals surface area contributed by atoms with Crippen LogP contribution in [-0.4, -0.2) is 49.3 Å². The summed E-state index contributed by atoms with van der Waals surface area (Å²) in [6.07, 6.45) is 5.64. The molecule has 1 N–H and O–H groups in total. The minimum absolute atomic E-state index is 0.390. The highest BCUT2D eigenvalue weighted by atomic mass is 16.5. The number of nitrogens with one attached hydrogen (secondary N) is 1. The van der Waals surface area contributed by atoms with Crippen LogP contribution in [0.15, 0.2) is 0 Å². The van der Waals surface area contributed by atoms with E-state index in [2.05, 4.69) is 31.0 Å². The number of morpholine rings is 1. The van der Waals surface area contributed by atoms with E-state index in [1.54, 1.807) is 0 Å². The van der Waals surface area contributed by atoms with Crippen molar-refractivity contribution in [2.45, 2.75) is 64.6 Å². The van der Waals surface area contributed by atoms with Gasteiger partial charge in [-0.1, -0.05) is 27.2 Å². The van der Waals surface area contributed by atoms with E-state index >= 15 is 0 Å². The number of fused-ring (bicyclic) bond motifs is 1. The van der Waals surface area contributed by atoms with E-state index in [1.807, 2.05) is 0 Å². The van der Waals surface area contributed by atoms with E-state index < -0.39 is 0 Å². The summed E-state index contributed by atoms with van der Waals surface area (Å²) in [5.74, 6) is 0.708. The van der Waals surface area contributed by atoms with Crippen molar-refractivity contribution in [3.8, 4) is 0 Å². The standard InChI is InChI=1S/C15H30N2O/c1-4-7-12(3)15(16-5-2)14-10-17-9-6-8-13(17)11-18-14/h12-16H,4-11H2,1-3H3. The molecule has 0 aromatic rings. The fourth-order valence-corrected chi connectivity index (χ4v) is 3.63. The topological polar surface area (TPSA) is 24.5 Å². The van der Waals surface area contributed by atoms with Gasteiger partial charge < -0.3 is 10.1 Å². The highest BCUT2D eigenvalue weighted by Crippen LogP contribution is 2.26. The second-order valence-electron chi connectivity index (χ2n) is 6.01. The largest absolute Gasteiger partial charge is 0.374 e. The predicted molar refractivity (Wildman–Crippen MR) is 75.9 cm³/mol. The number of hydrogen-bond donors (Lipinski definition) is 1. The molecule has 2 aliphatic rings. The average molecular weight is 254 g/mol. The zero-order valence-electron chi connectivity index (χ0n) is 12.3. The Hall–Kier alpha value is -0.120. The summed E-state index contributed by atoms with van der Waals surface area (Å²) in [6.45, 7) is 11.3. The van der Waals surface area contributed by atoms with Gasteiger partial charge in [0, 0.05) is 18.6 Å². The summed E-state index contributed by atoms with van der Waals surface area (Å²) in [5, 5.41) is 3.67. The van der Waals surface area contributed by atoms with Gasteiger partial charge in [-0.25, -0.2) is 0 Å². The zero-order chi connectivity index (χ0) is 13.0. The molecule has 0 aromatic heterocycles. The summed E-state index contributed by atoms with van der Waals surface area (Å²) in [5.41, 5.74) is 0. The third-order valence-electron chi connectivity index (χ3n) is 4.61. The lowest BCUT2D eigenvalue weighted by Crippen LogP contribution is -2.56. The number of rotatable bonds is 6. The zero-order valence-corrected chi connectivity index (χ0v) is 12.3. The second kappa shape index (κ2) is 6.88. The predicted octanol–water partition coefficient (Wildman–Crippen LogP) is 2.26. The quantitative estimate of drug-likeness (QED) is 0.787. The first-order valence-corrected chi connectivity index (χ1v) is 7.85. The third-order valence-corrected chi connectivity index (χ3v) is 4.61. The summed E-state index contributed by atoms with van der Waals surface area (Å²) >= 11 is 0. The van der Waals surface area contributed by atoms with E-state index in [-0.39, 0.29) is 0 Å². The molecule has 2 rings (SSSR count). The number of nitrogens with zero attached hydrogens (tertiary/aromatic N) is 1. The molecule has 0 aromatic carbocycles. The average Bonchev–Trinajstić information content (AvgIpc) is 2.83. The van der Waals surface area contributed by atoms with Crippen LogP contribution in [-0.2, 0) is 4.74 Å². The second-order valence-corrected chi connectivity index (χ2v) is 6.01. The van der Waals surface area contributed by atoms with E-state index in [1.165, 1.54) is 32.2 Å². The lowest BCUT2D eigenvalue weighted by atomic mass is 9.91. The van der Waals surface area contributed by atoms with Crippen LogP contribution in [0.5, 0.6) is 0 Å². The number of likely N-dealkylation sites (N-methyl/N-ethyl adjacent to an activating group) is 1. The fourth-order valence-electron chi connectivity index (χ4n) is 3.63. The Morgan fingerprint density at radius 1 is 1.39 bits per heavy atom. The molecule has 0 aliphatic carbocycles. The van der Waals surface area contributed by atoms with Crippen LogP contribution in [0.2, 0.25) is 0 Å². The minimum atomic E-state index is 0.390. The van der Waals surface area contributed by atoms with Gasteiger partial charge in [0.1, 0.15) is 0 Å². The Labute approximate surface area is 112 Å². The Morgan fingerprint density at radius 2 is 2.22 bits per heavy atom. The van der Waals surface area contributed by atoms with Crippen molar-refractivity contribution < 1.29 is 4.74 Å². The highest BCUT2D eigenvalue weighted by Gasteiger charge is 2.36. The van der Waals surface area contributed by atoms with Gasteiger partial charge in [-0.2, -0.15) is 0 Å². The van der Waals surface area contributed by atoms with E-state index in [4.69, 9.17) is 4.74 Å². The Kier molecular flexibility index (Phi) is 5.46. The molecule has 0 amide bonds. The van der Waals surface area contributed by atoms with Crippen LogP contribution < -0.4 is 5.32 Å². The Morgan fingerprint density at radius 3 is 2.94 bits per heavy atom. The van der Waals surface area contributed by atoms with Crippen LogP contribution in [0, 0.1) is 5.92 Å². The molecule has 106 valence electrons. The molecular weight excluding hydrogens is 224 g/mol.